The van der Waals surface area contributed by atoms with Crippen molar-refractivity contribution in [2.24, 2.45) is 0 Å². The van der Waals surface area contributed by atoms with Gasteiger partial charge in [0.1, 0.15) is 0 Å². The molecule has 0 bridgehead atoms. The van der Waals surface area contributed by atoms with Crippen LogP contribution in [0.1, 0.15) is 5.56 Å². The van der Waals surface area contributed by atoms with E-state index in [1.165, 1.54) is 0 Å². The lowest BCUT2D eigenvalue weighted by molar-refractivity contribution is 0.601. The first-order valence-corrected chi connectivity index (χ1v) is 9.34. The van der Waals surface area contributed by atoms with E-state index in [4.69, 9.17) is 11.2 Å². The summed E-state index contributed by atoms with van der Waals surface area (Å²) in [4.78, 5) is -1.96. The second-order valence-electron chi connectivity index (χ2n) is 2.45. The molecule has 1 rings (SSSR count). The zero-order valence-corrected chi connectivity index (χ0v) is 11.6. The Morgan fingerprint density at radius 3 is 2.69 bits per heavy atom. The minimum absolute atomic E-state index is 0.900. The predicted molar refractivity (Wildman–Crippen MR) is 67.2 cm³/mol. The van der Waals surface area contributed by atoms with E-state index >= 15 is 0 Å². The third kappa shape index (κ3) is 4.30. The fraction of sp³-hybridized carbons (Fsp3) is 0.143. The predicted octanol–water partition coefficient (Wildman–Crippen LogP) is 5.13. The van der Waals surface area contributed by atoms with Crippen LogP contribution in [-0.2, 0) is 4.57 Å². The lowest BCUT2D eigenvalue weighted by atomic mass is 10.2. The van der Waals surface area contributed by atoms with E-state index in [1.54, 1.807) is 0 Å². The average Bonchev–Trinajstić information content (AvgIpc) is 1.93. The lowest BCUT2D eigenvalue weighted by Crippen LogP contribution is -1.76. The van der Waals surface area contributed by atoms with E-state index in [0.717, 1.165) is 26.3 Å². The van der Waals surface area contributed by atoms with Gasteiger partial charge in [0.05, 0.1) is 0 Å². The molecule has 0 heterocycles. The topological polar surface area (TPSA) is 17.1 Å². The van der Waals surface area contributed by atoms with Gasteiger partial charge in [0.15, 0.2) is 0 Å². The molecule has 1 aromatic carbocycles. The smallest absolute Gasteiger partial charge is 0.277 e. The number of aryl methyl sites for hydroxylation is 1. The van der Waals surface area contributed by atoms with Crippen LogP contribution in [-0.4, -0.2) is 0 Å². The Bertz CT molecular complexity index is 366. The lowest BCUT2D eigenvalue weighted by Gasteiger charge is -2.06. The summed E-state index contributed by atoms with van der Waals surface area (Å²) in [6, 6.07) is 5.70. The van der Waals surface area contributed by atoms with Crippen molar-refractivity contribution < 1.29 is 4.57 Å². The summed E-state index contributed by atoms with van der Waals surface area (Å²) in [5.74, 6) is 0. The van der Waals surface area contributed by atoms with Crippen LogP contribution in [0.15, 0.2) is 27.6 Å². The van der Waals surface area contributed by atoms with E-state index < -0.39 is 4.90 Å². The molecule has 0 saturated heterocycles. The van der Waals surface area contributed by atoms with Gasteiger partial charge in [-0.05, 0) is 53.3 Å². The van der Waals surface area contributed by atoms with Gasteiger partial charge in [-0.25, -0.2) is 0 Å². The van der Waals surface area contributed by atoms with Crippen LogP contribution >= 0.6 is 55.7 Å². The summed E-state index contributed by atoms with van der Waals surface area (Å²) in [6.45, 7) is 1.94. The summed E-state index contributed by atoms with van der Waals surface area (Å²) < 4.78 is 12.2. The molecule has 0 spiro atoms. The maximum Gasteiger partial charge on any atom is 0.277 e. The van der Waals surface area contributed by atoms with Gasteiger partial charge in [-0.3, -0.25) is 4.57 Å². The van der Waals surface area contributed by atoms with E-state index in [-0.39, 0.29) is 0 Å². The van der Waals surface area contributed by atoms with Crippen LogP contribution in [0.3, 0.4) is 0 Å². The first-order valence-electron chi connectivity index (χ1n) is 3.37. The van der Waals surface area contributed by atoms with Gasteiger partial charge < -0.3 is 0 Å². The second kappa shape index (κ2) is 4.63. The number of hydrogen-bond donors (Lipinski definition) is 1. The van der Waals surface area contributed by atoms with Crippen LogP contribution in [0.25, 0.3) is 0 Å². The number of halogens is 2. The highest BCUT2D eigenvalue weighted by Crippen LogP contribution is 2.70. The Balaban J connectivity index is 2.97. The summed E-state index contributed by atoms with van der Waals surface area (Å²) >= 11 is 13.8. The van der Waals surface area contributed by atoms with Gasteiger partial charge in [-0.15, -0.1) is 0 Å². The van der Waals surface area contributed by atoms with Gasteiger partial charge in [0.2, 0.25) is 0 Å². The molecular formula is C7H7BrClOPS2. The molecule has 72 valence electrons. The average molecular weight is 318 g/mol. The van der Waals surface area contributed by atoms with Crippen molar-refractivity contribution in [2.45, 2.75) is 11.8 Å². The fourth-order valence-corrected chi connectivity index (χ4v) is 4.69. The number of rotatable bonds is 2. The minimum Gasteiger partial charge on any atom is -0.283 e. The summed E-state index contributed by atoms with van der Waals surface area (Å²) in [7, 11) is 0. The molecule has 0 amide bonds. The molecule has 1 atom stereocenters. The van der Waals surface area contributed by atoms with Crippen LogP contribution in [0, 0.1) is 6.92 Å². The van der Waals surface area contributed by atoms with Gasteiger partial charge >= 0.3 is 0 Å². The molecule has 0 saturated carbocycles. The molecule has 1 aromatic rings. The van der Waals surface area contributed by atoms with Crippen molar-refractivity contribution in [3.63, 3.8) is 0 Å². The largest absolute Gasteiger partial charge is 0.283 e. The van der Waals surface area contributed by atoms with Crippen molar-refractivity contribution in [1.29, 1.82) is 0 Å². The van der Waals surface area contributed by atoms with Crippen LogP contribution in [0.5, 0.6) is 0 Å². The monoisotopic (exact) mass is 316 g/mol. The second-order valence-corrected chi connectivity index (χ2v) is 12.2. The molecule has 0 aromatic heterocycles. The fourth-order valence-electron chi connectivity index (χ4n) is 0.837. The maximum atomic E-state index is 11.2. The molecule has 1 unspecified atom stereocenters. The van der Waals surface area contributed by atoms with Gasteiger partial charge in [0.25, 0.3) is 4.90 Å². The van der Waals surface area contributed by atoms with Crippen LogP contribution in [0.2, 0.25) is 0 Å². The molecule has 13 heavy (non-hydrogen) atoms. The molecule has 0 aliphatic rings. The van der Waals surface area contributed by atoms with Crippen molar-refractivity contribution >= 4 is 55.7 Å². The Kier molecular flexibility index (Phi) is 4.27. The molecule has 0 N–H and O–H groups in total. The number of thiol groups is 1. The quantitative estimate of drug-likeness (QED) is 0.602. The zero-order chi connectivity index (χ0) is 10.1. The highest BCUT2D eigenvalue weighted by atomic mass is 79.9. The summed E-state index contributed by atoms with van der Waals surface area (Å²) in [6.07, 6.45) is 0. The van der Waals surface area contributed by atoms with E-state index in [0.29, 0.717) is 0 Å². The van der Waals surface area contributed by atoms with E-state index in [9.17, 15) is 4.57 Å². The van der Waals surface area contributed by atoms with Crippen LogP contribution < -0.4 is 0 Å². The third-order valence-corrected chi connectivity index (χ3v) is 5.34. The molecule has 0 aliphatic carbocycles. The normalized spacial score (nSPS) is 15.4. The van der Waals surface area contributed by atoms with Gasteiger partial charge in [-0.1, -0.05) is 28.2 Å². The van der Waals surface area contributed by atoms with Gasteiger partial charge in [-0.2, -0.15) is 0 Å². The summed E-state index contributed by atoms with van der Waals surface area (Å²) in [5, 5.41) is 0. The minimum atomic E-state index is -2.86. The maximum absolute atomic E-state index is 11.2. The van der Waals surface area contributed by atoms with Crippen LogP contribution in [0.4, 0.5) is 0 Å². The Labute approximate surface area is 99.8 Å². The molecule has 0 fully saturated rings. The molecule has 0 aliphatic heterocycles. The van der Waals surface area contributed by atoms with Gasteiger partial charge in [0, 0.05) is 9.37 Å². The zero-order valence-electron chi connectivity index (χ0n) is 6.70. The Morgan fingerprint density at radius 2 is 2.23 bits per heavy atom. The Hall–Kier alpha value is 0.920. The summed E-state index contributed by atoms with van der Waals surface area (Å²) in [5.41, 5.74) is 1.04. The molecule has 6 heteroatoms. The SMILES string of the molecule is Cc1cc(Br)ccc1SP(=O)(S)Cl. The van der Waals surface area contributed by atoms with Crippen molar-refractivity contribution in [2.75, 3.05) is 0 Å². The molecular weight excluding hydrogens is 311 g/mol. The first kappa shape index (κ1) is 12.0. The standard InChI is InChI=1S/C7H7BrClOPS2/c1-5-4-6(8)2-3-7(5)13-11(9,10)12/h2-4H,1H3,(H,10,12). The Morgan fingerprint density at radius 1 is 1.62 bits per heavy atom. The molecule has 0 radical (unpaired) electrons. The highest BCUT2D eigenvalue weighted by molar-refractivity contribution is 9.10. The first-order chi connectivity index (χ1) is 5.88. The highest BCUT2D eigenvalue weighted by Gasteiger charge is 2.15. The van der Waals surface area contributed by atoms with Crippen molar-refractivity contribution in [3.8, 4) is 0 Å². The van der Waals surface area contributed by atoms with E-state index in [1.807, 2.05) is 25.1 Å². The number of benzene rings is 1. The van der Waals surface area contributed by atoms with Crippen molar-refractivity contribution in [3.05, 3.63) is 28.2 Å². The number of hydrogen-bond acceptors (Lipinski definition) is 2. The third-order valence-electron chi connectivity index (χ3n) is 1.35. The van der Waals surface area contributed by atoms with Crippen molar-refractivity contribution in [1.82, 2.24) is 0 Å². The van der Waals surface area contributed by atoms with E-state index in [2.05, 4.69) is 28.2 Å². The molecule has 1 nitrogen and oxygen atoms in total.